The number of esters is 2. The Bertz CT molecular complexity index is 1040. The van der Waals surface area contributed by atoms with Crippen LogP contribution in [0.1, 0.15) is 24.1 Å². The SMILES string of the molecule is CCOc1cc(C(Nc2ccc(C(=N)N)cc2)C(=O)OC(=O)C(F)(F)F)ccc1OCCN(C)C. The molecule has 2 aromatic rings. The van der Waals surface area contributed by atoms with Crippen molar-refractivity contribution in [2.75, 3.05) is 39.2 Å². The predicted molar refractivity (Wildman–Crippen MR) is 123 cm³/mol. The molecule has 0 aliphatic carbocycles. The number of nitrogen functional groups attached to an aromatic ring is 1. The first kappa shape index (κ1) is 27.4. The van der Waals surface area contributed by atoms with Gasteiger partial charge in [-0.15, -0.1) is 0 Å². The van der Waals surface area contributed by atoms with Gasteiger partial charge in [0, 0.05) is 17.8 Å². The lowest BCUT2D eigenvalue weighted by Gasteiger charge is -2.21. The number of hydrogen-bond acceptors (Lipinski definition) is 8. The normalized spacial score (nSPS) is 12.1. The van der Waals surface area contributed by atoms with Gasteiger partial charge in [-0.1, -0.05) is 6.07 Å². The topological polar surface area (TPSA) is 127 Å². The summed E-state index contributed by atoms with van der Waals surface area (Å²) in [7, 11) is 3.76. The van der Waals surface area contributed by atoms with E-state index in [-0.39, 0.29) is 23.8 Å². The lowest BCUT2D eigenvalue weighted by Crippen LogP contribution is -2.32. The molecule has 0 saturated heterocycles. The Kier molecular flexibility index (Phi) is 9.46. The van der Waals surface area contributed by atoms with Crippen LogP contribution in [0, 0.1) is 5.41 Å². The summed E-state index contributed by atoms with van der Waals surface area (Å²) in [4.78, 5) is 25.9. The van der Waals surface area contributed by atoms with Crippen LogP contribution in [-0.2, 0) is 14.3 Å². The molecular weight excluding hydrogens is 469 g/mol. The van der Waals surface area contributed by atoms with Crippen LogP contribution in [-0.4, -0.2) is 62.7 Å². The Morgan fingerprint density at radius 1 is 1.09 bits per heavy atom. The van der Waals surface area contributed by atoms with Crippen molar-refractivity contribution >= 4 is 23.5 Å². The van der Waals surface area contributed by atoms with Crippen molar-refractivity contribution in [1.82, 2.24) is 4.90 Å². The van der Waals surface area contributed by atoms with E-state index in [4.69, 9.17) is 20.6 Å². The number of nitrogens with one attached hydrogen (secondary N) is 2. The van der Waals surface area contributed by atoms with E-state index in [0.717, 1.165) is 0 Å². The molecule has 0 heterocycles. The van der Waals surface area contributed by atoms with Crippen LogP contribution in [0.5, 0.6) is 11.5 Å². The average Bonchev–Trinajstić information content (AvgIpc) is 2.78. The number of ether oxygens (including phenoxy) is 3. The van der Waals surface area contributed by atoms with Gasteiger partial charge in [-0.2, -0.15) is 13.2 Å². The number of anilines is 1. The standard InChI is InChI=1S/C23H27F3N4O5/c1-4-33-18-13-15(7-10-17(18)34-12-11-30(2)3)19(21(31)35-22(32)23(24,25)26)29-16-8-5-14(6-9-16)20(27)28/h5-10,13,19,29H,4,11-12H2,1-3H3,(H3,27,28). The van der Waals surface area contributed by atoms with Crippen molar-refractivity contribution in [2.45, 2.75) is 19.1 Å². The molecule has 1 atom stereocenters. The number of nitrogens with zero attached hydrogens (tertiary/aromatic N) is 1. The number of carbonyl (C=O) groups is 2. The average molecular weight is 496 g/mol. The van der Waals surface area contributed by atoms with Crippen molar-refractivity contribution in [1.29, 1.82) is 5.41 Å². The second-order valence-corrected chi connectivity index (χ2v) is 7.57. The molecule has 0 aliphatic rings. The van der Waals surface area contributed by atoms with Gasteiger partial charge in [0.1, 0.15) is 12.4 Å². The highest BCUT2D eigenvalue weighted by Gasteiger charge is 2.43. The highest BCUT2D eigenvalue weighted by Crippen LogP contribution is 2.33. The quantitative estimate of drug-likeness (QED) is 0.188. The molecule has 0 aliphatic heterocycles. The number of hydrogen-bond donors (Lipinski definition) is 3. The molecule has 0 aromatic heterocycles. The van der Waals surface area contributed by atoms with Crippen molar-refractivity contribution in [3.8, 4) is 11.5 Å². The number of rotatable bonds is 11. The van der Waals surface area contributed by atoms with Crippen molar-refractivity contribution < 1.29 is 37.0 Å². The summed E-state index contributed by atoms with van der Waals surface area (Å²) in [6.45, 7) is 2.96. The Morgan fingerprint density at radius 2 is 1.74 bits per heavy atom. The fraction of sp³-hybridized carbons (Fsp3) is 0.348. The molecule has 0 spiro atoms. The predicted octanol–water partition coefficient (Wildman–Crippen LogP) is 3.10. The number of likely N-dealkylation sites (N-methyl/N-ethyl adjacent to an activating group) is 1. The van der Waals surface area contributed by atoms with E-state index in [2.05, 4.69) is 10.1 Å². The number of carbonyl (C=O) groups excluding carboxylic acids is 2. The number of benzene rings is 2. The number of halogens is 3. The Morgan fingerprint density at radius 3 is 2.29 bits per heavy atom. The maximum atomic E-state index is 12.7. The molecule has 2 rings (SSSR count). The molecule has 0 bridgehead atoms. The first-order valence-electron chi connectivity index (χ1n) is 10.5. The first-order chi connectivity index (χ1) is 16.4. The summed E-state index contributed by atoms with van der Waals surface area (Å²) in [5, 5.41) is 10.2. The van der Waals surface area contributed by atoms with E-state index < -0.39 is 24.2 Å². The van der Waals surface area contributed by atoms with Gasteiger partial charge in [0.05, 0.1) is 6.61 Å². The third kappa shape index (κ3) is 8.18. The largest absolute Gasteiger partial charge is 0.491 e. The van der Waals surface area contributed by atoms with Gasteiger partial charge >= 0.3 is 18.1 Å². The van der Waals surface area contributed by atoms with E-state index in [1.165, 1.54) is 42.5 Å². The first-order valence-corrected chi connectivity index (χ1v) is 10.5. The summed E-state index contributed by atoms with van der Waals surface area (Å²) < 4.78 is 53.5. The van der Waals surface area contributed by atoms with E-state index in [1.807, 2.05) is 19.0 Å². The van der Waals surface area contributed by atoms with Crippen LogP contribution in [0.25, 0.3) is 0 Å². The van der Waals surface area contributed by atoms with Crippen LogP contribution < -0.4 is 20.5 Å². The Labute approximate surface area is 200 Å². The third-order valence-corrected chi connectivity index (χ3v) is 4.56. The second-order valence-electron chi connectivity index (χ2n) is 7.57. The number of amidine groups is 1. The van der Waals surface area contributed by atoms with Crippen LogP contribution in [0.3, 0.4) is 0 Å². The van der Waals surface area contributed by atoms with Crippen LogP contribution in [0.4, 0.5) is 18.9 Å². The van der Waals surface area contributed by atoms with Gasteiger partial charge in [0.2, 0.25) is 0 Å². The molecule has 4 N–H and O–H groups in total. The zero-order chi connectivity index (χ0) is 26.2. The highest BCUT2D eigenvalue weighted by atomic mass is 19.4. The smallest absolute Gasteiger partial charge is 0.490 e. The summed E-state index contributed by atoms with van der Waals surface area (Å²) in [6.07, 6.45) is -5.34. The Hall–Kier alpha value is -3.80. The maximum absolute atomic E-state index is 12.7. The molecule has 1 unspecified atom stereocenters. The minimum absolute atomic E-state index is 0.170. The summed E-state index contributed by atoms with van der Waals surface area (Å²) >= 11 is 0. The molecule has 0 radical (unpaired) electrons. The van der Waals surface area contributed by atoms with Crippen LogP contribution in [0.2, 0.25) is 0 Å². The highest BCUT2D eigenvalue weighted by molar-refractivity contribution is 5.95. The van der Waals surface area contributed by atoms with E-state index in [9.17, 15) is 22.8 Å². The molecule has 2 aromatic carbocycles. The molecule has 35 heavy (non-hydrogen) atoms. The number of alkyl halides is 3. The van der Waals surface area contributed by atoms with Crippen LogP contribution in [0.15, 0.2) is 42.5 Å². The van der Waals surface area contributed by atoms with Gasteiger partial charge in [0.25, 0.3) is 0 Å². The van der Waals surface area contributed by atoms with Crippen molar-refractivity contribution in [3.05, 3.63) is 53.6 Å². The van der Waals surface area contributed by atoms with Gasteiger partial charge in [-0.3, -0.25) is 5.41 Å². The molecule has 0 fully saturated rings. The second kappa shape index (κ2) is 12.1. The van der Waals surface area contributed by atoms with Gasteiger partial charge < -0.3 is 30.2 Å². The zero-order valence-electron chi connectivity index (χ0n) is 19.4. The fourth-order valence-corrected chi connectivity index (χ4v) is 2.83. The molecule has 0 saturated carbocycles. The van der Waals surface area contributed by atoms with Gasteiger partial charge in [-0.05, 0) is 63.0 Å². The molecule has 12 heteroatoms. The molecular formula is C23H27F3N4O5. The van der Waals surface area contributed by atoms with E-state index >= 15 is 0 Å². The van der Waals surface area contributed by atoms with Crippen molar-refractivity contribution in [2.24, 2.45) is 5.73 Å². The minimum Gasteiger partial charge on any atom is -0.490 e. The van der Waals surface area contributed by atoms with E-state index in [1.54, 1.807) is 6.92 Å². The fourth-order valence-electron chi connectivity index (χ4n) is 2.83. The number of nitrogens with two attached hydrogens (primary N) is 1. The minimum atomic E-state index is -5.34. The zero-order valence-corrected chi connectivity index (χ0v) is 19.4. The third-order valence-electron chi connectivity index (χ3n) is 4.56. The monoisotopic (exact) mass is 496 g/mol. The lowest BCUT2D eigenvalue weighted by molar-refractivity contribution is -0.202. The summed E-state index contributed by atoms with van der Waals surface area (Å²) in [6, 6.07) is 8.82. The molecule has 190 valence electrons. The molecule has 9 nitrogen and oxygen atoms in total. The summed E-state index contributed by atoms with van der Waals surface area (Å²) in [5.41, 5.74) is 6.31. The van der Waals surface area contributed by atoms with Crippen LogP contribution >= 0.6 is 0 Å². The van der Waals surface area contributed by atoms with Gasteiger partial charge in [0.15, 0.2) is 17.5 Å². The van der Waals surface area contributed by atoms with E-state index in [0.29, 0.717) is 30.2 Å². The molecule has 0 amide bonds. The summed E-state index contributed by atoms with van der Waals surface area (Å²) in [5.74, 6) is -3.64. The lowest BCUT2D eigenvalue weighted by atomic mass is 10.1. The Balaban J connectivity index is 2.39. The van der Waals surface area contributed by atoms with Crippen molar-refractivity contribution in [3.63, 3.8) is 0 Å². The van der Waals surface area contributed by atoms with Gasteiger partial charge in [-0.25, -0.2) is 9.59 Å². The maximum Gasteiger partial charge on any atom is 0.491 e.